The number of aryl methyl sites for hydroxylation is 3. The van der Waals surface area contributed by atoms with Crippen LogP contribution < -0.4 is 11.2 Å². The van der Waals surface area contributed by atoms with Crippen LogP contribution in [0.5, 0.6) is 0 Å². The second-order valence-electron chi connectivity index (χ2n) is 8.23. The summed E-state index contributed by atoms with van der Waals surface area (Å²) in [6.45, 7) is 10.2. The van der Waals surface area contributed by atoms with Crippen LogP contribution in [0.15, 0.2) is 32.8 Å². The van der Waals surface area contributed by atoms with Gasteiger partial charge in [-0.2, -0.15) is 0 Å². The Hall–Kier alpha value is -2.41. The summed E-state index contributed by atoms with van der Waals surface area (Å²) in [7, 11) is 3.13. The monoisotopic (exact) mass is 398 g/mol. The van der Waals surface area contributed by atoms with E-state index >= 15 is 0 Å². The number of thioether (sulfide) groups is 1. The maximum absolute atomic E-state index is 12.9. The molecule has 0 aliphatic rings. The highest BCUT2D eigenvalue weighted by Crippen LogP contribution is 2.30. The van der Waals surface area contributed by atoms with E-state index in [-0.39, 0.29) is 16.7 Å². The van der Waals surface area contributed by atoms with E-state index < -0.39 is 0 Å². The Morgan fingerprint density at radius 3 is 2.36 bits per heavy atom. The molecular formula is C21H26N4O2S. The average molecular weight is 399 g/mol. The molecule has 148 valence electrons. The minimum Gasteiger partial charge on any atom is -0.280 e. The van der Waals surface area contributed by atoms with Crippen LogP contribution in [-0.4, -0.2) is 19.1 Å². The zero-order valence-electron chi connectivity index (χ0n) is 17.5. The van der Waals surface area contributed by atoms with Gasteiger partial charge in [-0.15, -0.1) is 11.8 Å². The van der Waals surface area contributed by atoms with E-state index in [2.05, 4.69) is 37.0 Å². The summed E-state index contributed by atoms with van der Waals surface area (Å²) < 4.78 is 2.54. The Morgan fingerprint density at radius 2 is 1.71 bits per heavy atom. The lowest BCUT2D eigenvalue weighted by Gasteiger charge is -2.19. The van der Waals surface area contributed by atoms with Crippen LogP contribution >= 0.6 is 11.8 Å². The van der Waals surface area contributed by atoms with E-state index in [9.17, 15) is 9.59 Å². The van der Waals surface area contributed by atoms with Crippen molar-refractivity contribution >= 4 is 22.8 Å². The molecule has 6 nitrogen and oxygen atoms in total. The van der Waals surface area contributed by atoms with Gasteiger partial charge in [0, 0.05) is 25.3 Å². The molecule has 0 radical (unpaired) electrons. The van der Waals surface area contributed by atoms with Gasteiger partial charge in [0.15, 0.2) is 5.65 Å². The summed E-state index contributed by atoms with van der Waals surface area (Å²) in [5, 5.41) is 1.01. The van der Waals surface area contributed by atoms with Gasteiger partial charge in [-0.1, -0.05) is 44.5 Å². The van der Waals surface area contributed by atoms with Crippen molar-refractivity contribution in [1.29, 1.82) is 0 Å². The lowest BCUT2D eigenvalue weighted by Crippen LogP contribution is -2.38. The summed E-state index contributed by atoms with van der Waals surface area (Å²) >= 11 is 1.51. The van der Waals surface area contributed by atoms with Crippen LogP contribution in [-0.2, 0) is 25.3 Å². The smallest absolute Gasteiger partial charge is 0.280 e. The van der Waals surface area contributed by atoms with Gasteiger partial charge in [-0.25, -0.2) is 14.8 Å². The summed E-state index contributed by atoms with van der Waals surface area (Å²) in [4.78, 5) is 34.6. The Kier molecular flexibility index (Phi) is 5.23. The van der Waals surface area contributed by atoms with E-state index in [4.69, 9.17) is 4.98 Å². The number of nitrogens with zero attached hydrogens (tertiary/aromatic N) is 4. The van der Waals surface area contributed by atoms with Gasteiger partial charge < -0.3 is 0 Å². The zero-order chi connectivity index (χ0) is 20.8. The summed E-state index contributed by atoms with van der Waals surface area (Å²) in [5.74, 6) is 1.31. The predicted octanol–water partition coefficient (Wildman–Crippen LogP) is 3.23. The summed E-state index contributed by atoms with van der Waals surface area (Å²) in [6, 6.07) is 6.35. The van der Waals surface area contributed by atoms with Crippen LogP contribution in [0.2, 0.25) is 0 Å². The van der Waals surface area contributed by atoms with Crippen LogP contribution in [0.25, 0.3) is 11.0 Å². The molecule has 0 fully saturated rings. The molecule has 1 aromatic carbocycles. The third-order valence-electron chi connectivity index (χ3n) is 4.81. The molecular weight excluding hydrogens is 372 g/mol. The first-order chi connectivity index (χ1) is 13.0. The third kappa shape index (κ3) is 3.63. The summed E-state index contributed by atoms with van der Waals surface area (Å²) in [5.41, 5.74) is 2.94. The Balaban J connectivity index is 2.23. The molecule has 0 saturated carbocycles. The maximum Gasteiger partial charge on any atom is 0.332 e. The van der Waals surface area contributed by atoms with Crippen molar-refractivity contribution in [3.8, 4) is 0 Å². The molecule has 0 atom stereocenters. The number of fused-ring (bicyclic) bond motifs is 1. The fraction of sp³-hybridized carbons (Fsp3) is 0.429. The van der Waals surface area contributed by atoms with Gasteiger partial charge in [0.05, 0.1) is 0 Å². The Bertz CT molecular complexity index is 1190. The zero-order valence-corrected chi connectivity index (χ0v) is 18.3. The molecule has 3 aromatic rings. The van der Waals surface area contributed by atoms with E-state index in [0.29, 0.717) is 27.6 Å². The first kappa shape index (κ1) is 20.3. The number of benzene rings is 1. The van der Waals surface area contributed by atoms with Gasteiger partial charge >= 0.3 is 5.69 Å². The number of hydrogen-bond donors (Lipinski definition) is 0. The fourth-order valence-corrected chi connectivity index (χ4v) is 4.05. The SMILES string of the molecule is Cc1ccc(C)c(CSc2nc(C(C)(C)C)nc3c2c(=O)n(C)c(=O)n3C)c1. The average Bonchev–Trinajstić information content (AvgIpc) is 2.63. The number of rotatable bonds is 3. The quantitative estimate of drug-likeness (QED) is 0.500. The van der Waals surface area contributed by atoms with Crippen molar-refractivity contribution in [2.24, 2.45) is 14.1 Å². The van der Waals surface area contributed by atoms with Crippen molar-refractivity contribution in [3.63, 3.8) is 0 Å². The molecule has 0 N–H and O–H groups in total. The van der Waals surface area contributed by atoms with Crippen LogP contribution in [0.4, 0.5) is 0 Å². The second kappa shape index (κ2) is 7.20. The van der Waals surface area contributed by atoms with E-state index in [0.717, 1.165) is 4.57 Å². The topological polar surface area (TPSA) is 69.8 Å². The highest BCUT2D eigenvalue weighted by molar-refractivity contribution is 7.98. The first-order valence-corrected chi connectivity index (χ1v) is 10.2. The molecule has 0 spiro atoms. The largest absolute Gasteiger partial charge is 0.332 e. The van der Waals surface area contributed by atoms with Crippen LogP contribution in [0.1, 0.15) is 43.3 Å². The predicted molar refractivity (Wildman–Crippen MR) is 114 cm³/mol. The minimum absolute atomic E-state index is 0.306. The molecule has 0 saturated heterocycles. The standard InChI is InChI=1S/C21H26N4O2S/c1-12-8-9-13(2)14(10-12)11-28-17-15-16(22-19(23-17)21(3,4)5)24(6)20(27)25(7)18(15)26/h8-10H,11H2,1-7H3. The molecule has 0 amide bonds. The minimum atomic E-state index is -0.387. The van der Waals surface area contributed by atoms with E-state index in [1.54, 1.807) is 7.05 Å². The second-order valence-corrected chi connectivity index (χ2v) is 9.19. The van der Waals surface area contributed by atoms with E-state index in [1.807, 2.05) is 20.8 Å². The van der Waals surface area contributed by atoms with Crippen molar-refractivity contribution in [2.45, 2.75) is 50.8 Å². The summed E-state index contributed by atoms with van der Waals surface area (Å²) in [6.07, 6.45) is 0. The van der Waals surface area contributed by atoms with Gasteiger partial charge in [-0.3, -0.25) is 13.9 Å². The van der Waals surface area contributed by atoms with Crippen molar-refractivity contribution in [1.82, 2.24) is 19.1 Å². The number of aromatic nitrogens is 4. The number of hydrogen-bond acceptors (Lipinski definition) is 5. The van der Waals surface area contributed by atoms with Gasteiger partial charge in [0.25, 0.3) is 5.56 Å². The molecule has 2 heterocycles. The molecule has 28 heavy (non-hydrogen) atoms. The molecule has 2 aromatic heterocycles. The van der Waals surface area contributed by atoms with Crippen LogP contribution in [0, 0.1) is 13.8 Å². The lowest BCUT2D eigenvalue weighted by atomic mass is 9.96. The molecule has 7 heteroatoms. The first-order valence-electron chi connectivity index (χ1n) is 9.18. The molecule has 0 unspecified atom stereocenters. The lowest BCUT2D eigenvalue weighted by molar-refractivity contribution is 0.539. The Labute approximate surface area is 168 Å². The third-order valence-corrected chi connectivity index (χ3v) is 5.83. The highest BCUT2D eigenvalue weighted by atomic mass is 32.2. The van der Waals surface area contributed by atoms with E-state index in [1.165, 1.54) is 40.1 Å². The molecule has 0 aliphatic carbocycles. The maximum atomic E-state index is 12.9. The fourth-order valence-electron chi connectivity index (χ4n) is 2.97. The van der Waals surface area contributed by atoms with Crippen LogP contribution in [0.3, 0.4) is 0 Å². The van der Waals surface area contributed by atoms with Crippen molar-refractivity contribution in [3.05, 3.63) is 61.6 Å². The Morgan fingerprint density at radius 1 is 1.04 bits per heavy atom. The van der Waals surface area contributed by atoms with Gasteiger partial charge in [0.2, 0.25) is 0 Å². The van der Waals surface area contributed by atoms with Crippen molar-refractivity contribution < 1.29 is 0 Å². The molecule has 3 rings (SSSR count). The highest BCUT2D eigenvalue weighted by Gasteiger charge is 2.23. The normalized spacial score (nSPS) is 12.0. The van der Waals surface area contributed by atoms with Crippen molar-refractivity contribution in [2.75, 3.05) is 0 Å². The molecule has 0 aliphatic heterocycles. The van der Waals surface area contributed by atoms with Gasteiger partial charge in [0.1, 0.15) is 16.2 Å². The van der Waals surface area contributed by atoms with Gasteiger partial charge in [-0.05, 0) is 25.0 Å². The molecule has 0 bridgehead atoms.